The molecule has 1 fully saturated rings. The van der Waals surface area contributed by atoms with Crippen LogP contribution in [0.25, 0.3) is 0 Å². The molecule has 1 unspecified atom stereocenters. The molecule has 1 aromatic heterocycles. The molecule has 0 aliphatic carbocycles. The van der Waals surface area contributed by atoms with Crippen LogP contribution in [0.3, 0.4) is 0 Å². The molecule has 4 rings (SSSR count). The topological polar surface area (TPSA) is 50.6 Å². The molecule has 0 N–H and O–H groups in total. The first-order chi connectivity index (χ1) is 13.4. The van der Waals surface area contributed by atoms with Gasteiger partial charge < -0.3 is 14.5 Å². The van der Waals surface area contributed by atoms with Crippen molar-refractivity contribution in [3.63, 3.8) is 0 Å². The number of hydrogen-bond acceptors (Lipinski definition) is 5. The summed E-state index contributed by atoms with van der Waals surface area (Å²) in [5.41, 5.74) is 1.56. The predicted molar refractivity (Wildman–Crippen MR) is 98.9 cm³/mol. The summed E-state index contributed by atoms with van der Waals surface area (Å²) in [6.07, 6.45) is -2.74. The quantitative estimate of drug-likeness (QED) is 0.795. The normalized spacial score (nSPS) is 19.8. The Morgan fingerprint density at radius 3 is 2.50 bits per heavy atom. The van der Waals surface area contributed by atoms with Crippen LogP contribution in [0, 0.1) is 0 Å². The lowest BCUT2D eigenvalue weighted by Gasteiger charge is -2.29. The zero-order valence-corrected chi connectivity index (χ0v) is 15.2. The van der Waals surface area contributed by atoms with E-state index in [2.05, 4.69) is 9.88 Å². The van der Waals surface area contributed by atoms with Crippen molar-refractivity contribution >= 4 is 11.6 Å². The highest BCUT2D eigenvalue weighted by Crippen LogP contribution is 2.33. The Labute approximate surface area is 160 Å². The van der Waals surface area contributed by atoms with Gasteiger partial charge in [0.2, 0.25) is 5.95 Å². The van der Waals surface area contributed by atoms with Crippen molar-refractivity contribution in [3.05, 3.63) is 52.4 Å². The van der Waals surface area contributed by atoms with Crippen LogP contribution >= 0.6 is 0 Å². The van der Waals surface area contributed by atoms with Gasteiger partial charge in [-0.2, -0.15) is 13.2 Å². The number of morpholine rings is 1. The van der Waals surface area contributed by atoms with Crippen molar-refractivity contribution in [2.24, 2.45) is 0 Å². The van der Waals surface area contributed by atoms with E-state index < -0.39 is 24.3 Å². The van der Waals surface area contributed by atoms with Gasteiger partial charge in [-0.05, 0) is 24.1 Å². The van der Waals surface area contributed by atoms with Crippen LogP contribution in [-0.4, -0.2) is 54.6 Å². The number of fused-ring (bicyclic) bond motifs is 1. The molecule has 2 aliphatic rings. The van der Waals surface area contributed by atoms with Crippen molar-refractivity contribution in [1.82, 2.24) is 9.55 Å². The molecular formula is C19H21F3N4O2. The van der Waals surface area contributed by atoms with E-state index in [-0.39, 0.29) is 12.5 Å². The number of ether oxygens (including phenoxy) is 1. The highest BCUT2D eigenvalue weighted by molar-refractivity contribution is 5.48. The molecule has 1 aromatic carbocycles. The molecule has 0 radical (unpaired) electrons. The number of halogens is 3. The van der Waals surface area contributed by atoms with Gasteiger partial charge in [0.1, 0.15) is 6.04 Å². The van der Waals surface area contributed by atoms with Crippen LogP contribution in [0.15, 0.2) is 41.3 Å². The van der Waals surface area contributed by atoms with Gasteiger partial charge in [-0.1, -0.05) is 12.1 Å². The number of anilines is 2. The molecular weight excluding hydrogens is 373 g/mol. The maximum absolute atomic E-state index is 13.5. The highest BCUT2D eigenvalue weighted by atomic mass is 19.4. The average molecular weight is 394 g/mol. The van der Waals surface area contributed by atoms with E-state index in [1.165, 1.54) is 17.2 Å². The van der Waals surface area contributed by atoms with Gasteiger partial charge in [0.25, 0.3) is 5.56 Å². The van der Waals surface area contributed by atoms with E-state index in [0.29, 0.717) is 19.6 Å². The fraction of sp³-hybridized carbons (Fsp3) is 0.474. The fourth-order valence-electron chi connectivity index (χ4n) is 3.72. The Hall–Kier alpha value is -2.55. The number of benzene rings is 1. The van der Waals surface area contributed by atoms with Gasteiger partial charge in [-0.25, -0.2) is 4.98 Å². The zero-order chi connectivity index (χ0) is 19.7. The summed E-state index contributed by atoms with van der Waals surface area (Å²) < 4.78 is 46.9. The lowest BCUT2D eigenvalue weighted by Crippen LogP contribution is -2.45. The predicted octanol–water partition coefficient (Wildman–Crippen LogP) is 2.07. The summed E-state index contributed by atoms with van der Waals surface area (Å²) in [5, 5.41) is 0. The number of rotatable bonds is 4. The van der Waals surface area contributed by atoms with E-state index in [1.54, 1.807) is 0 Å². The minimum Gasteiger partial charge on any atom is -0.378 e. The van der Waals surface area contributed by atoms with Crippen molar-refractivity contribution in [1.29, 1.82) is 0 Å². The van der Waals surface area contributed by atoms with Crippen LogP contribution < -0.4 is 15.4 Å². The first-order valence-electron chi connectivity index (χ1n) is 9.24. The first-order valence-corrected chi connectivity index (χ1v) is 9.24. The molecule has 0 amide bonds. The lowest BCUT2D eigenvalue weighted by atomic mass is 10.1. The van der Waals surface area contributed by atoms with Crippen molar-refractivity contribution in [2.45, 2.75) is 25.2 Å². The molecule has 150 valence electrons. The van der Waals surface area contributed by atoms with Gasteiger partial charge >= 0.3 is 6.18 Å². The first kappa shape index (κ1) is 18.8. The summed E-state index contributed by atoms with van der Waals surface area (Å²) in [4.78, 5) is 19.3. The second-order valence-electron chi connectivity index (χ2n) is 6.96. The third-order valence-electron chi connectivity index (χ3n) is 5.23. The lowest BCUT2D eigenvalue weighted by molar-refractivity contribution is -0.148. The molecule has 0 bridgehead atoms. The molecule has 0 saturated carbocycles. The molecule has 0 spiro atoms. The zero-order valence-electron chi connectivity index (χ0n) is 15.2. The highest BCUT2D eigenvalue weighted by Gasteiger charge is 2.48. The van der Waals surface area contributed by atoms with Crippen molar-refractivity contribution in [3.8, 4) is 0 Å². The third-order valence-corrected chi connectivity index (χ3v) is 5.23. The second kappa shape index (κ2) is 7.46. The number of aromatic nitrogens is 2. The Morgan fingerprint density at radius 1 is 1.11 bits per heavy atom. The van der Waals surface area contributed by atoms with E-state index in [9.17, 15) is 18.0 Å². The van der Waals surface area contributed by atoms with Gasteiger partial charge in [-0.15, -0.1) is 0 Å². The van der Waals surface area contributed by atoms with Crippen LogP contribution in [0.5, 0.6) is 0 Å². The van der Waals surface area contributed by atoms with Gasteiger partial charge in [0.05, 0.1) is 19.8 Å². The summed E-state index contributed by atoms with van der Waals surface area (Å²) >= 11 is 0. The second-order valence-corrected chi connectivity index (χ2v) is 6.96. The summed E-state index contributed by atoms with van der Waals surface area (Å²) in [6, 6.07) is 7.31. The van der Waals surface area contributed by atoms with Crippen molar-refractivity contribution < 1.29 is 17.9 Å². The third kappa shape index (κ3) is 3.71. The monoisotopic (exact) mass is 394 g/mol. The van der Waals surface area contributed by atoms with Gasteiger partial charge in [0, 0.05) is 37.6 Å². The number of alkyl halides is 3. The molecule has 9 heteroatoms. The Bertz CT molecular complexity index is 876. The maximum Gasteiger partial charge on any atom is 0.410 e. The Kier molecular flexibility index (Phi) is 5.01. The van der Waals surface area contributed by atoms with E-state index in [0.717, 1.165) is 28.9 Å². The van der Waals surface area contributed by atoms with Crippen LogP contribution in [-0.2, 0) is 17.7 Å². The number of nitrogens with zero attached hydrogens (tertiary/aromatic N) is 4. The smallest absolute Gasteiger partial charge is 0.378 e. The minimum absolute atomic E-state index is 0.0831. The van der Waals surface area contributed by atoms with Crippen LogP contribution in [0.2, 0.25) is 0 Å². The molecule has 3 heterocycles. The largest absolute Gasteiger partial charge is 0.410 e. The van der Waals surface area contributed by atoms with E-state index in [1.807, 2.05) is 24.3 Å². The van der Waals surface area contributed by atoms with Crippen LogP contribution in [0.4, 0.5) is 24.8 Å². The van der Waals surface area contributed by atoms with E-state index >= 15 is 0 Å². The van der Waals surface area contributed by atoms with Crippen LogP contribution in [0.1, 0.15) is 5.56 Å². The SMILES string of the molecule is O=c1ccnc2n1CC(C(F)(F)F)N2CCc1ccc(N2CCOCC2)cc1. The summed E-state index contributed by atoms with van der Waals surface area (Å²) in [5.74, 6) is 0.0831. The Morgan fingerprint density at radius 2 is 1.82 bits per heavy atom. The molecule has 2 aromatic rings. The standard InChI is InChI=1S/C19H21F3N4O2/c20-19(21,22)16-13-26-17(27)5-7-23-18(26)25(16)8-6-14-1-3-15(4-2-14)24-9-11-28-12-10-24/h1-5,7,16H,6,8-13H2. The average Bonchev–Trinajstić information content (AvgIpc) is 3.08. The molecule has 28 heavy (non-hydrogen) atoms. The minimum atomic E-state index is -4.43. The van der Waals surface area contributed by atoms with Crippen molar-refractivity contribution in [2.75, 3.05) is 42.6 Å². The van der Waals surface area contributed by atoms with Gasteiger partial charge in [0.15, 0.2) is 0 Å². The summed E-state index contributed by atoms with van der Waals surface area (Å²) in [7, 11) is 0. The molecule has 6 nitrogen and oxygen atoms in total. The molecule has 2 aliphatic heterocycles. The van der Waals surface area contributed by atoms with E-state index in [4.69, 9.17) is 4.74 Å². The molecule has 1 atom stereocenters. The van der Waals surface area contributed by atoms with Gasteiger partial charge in [-0.3, -0.25) is 9.36 Å². The fourth-order valence-corrected chi connectivity index (χ4v) is 3.72. The Balaban J connectivity index is 1.48. The molecule has 1 saturated heterocycles. The summed E-state index contributed by atoms with van der Waals surface area (Å²) in [6.45, 7) is 2.77. The maximum atomic E-state index is 13.5. The number of hydrogen-bond donors (Lipinski definition) is 0.